The van der Waals surface area contributed by atoms with Crippen LogP contribution in [0.3, 0.4) is 0 Å². The van der Waals surface area contributed by atoms with Gasteiger partial charge in [-0.15, -0.1) is 0 Å². The summed E-state index contributed by atoms with van der Waals surface area (Å²) in [6, 6.07) is 0. The third-order valence-electron chi connectivity index (χ3n) is 1.65. The van der Waals surface area contributed by atoms with E-state index in [-0.39, 0.29) is 17.7 Å². The average molecular weight is 237 g/mol. The first-order valence-electron chi connectivity index (χ1n) is 4.74. The first kappa shape index (κ1) is 14.4. The maximum atomic E-state index is 11.5. The van der Waals surface area contributed by atoms with Crippen molar-refractivity contribution in [2.75, 3.05) is 12.3 Å². The third-order valence-corrected chi connectivity index (χ3v) is 3.51. The van der Waals surface area contributed by atoms with Crippen molar-refractivity contribution in [1.82, 2.24) is 4.72 Å². The monoisotopic (exact) mass is 237 g/mol. The van der Waals surface area contributed by atoms with Crippen molar-refractivity contribution in [3.63, 3.8) is 0 Å². The van der Waals surface area contributed by atoms with E-state index in [1.54, 1.807) is 0 Å². The lowest BCUT2D eigenvalue weighted by Gasteiger charge is -2.18. The van der Waals surface area contributed by atoms with Crippen molar-refractivity contribution in [3.05, 3.63) is 0 Å². The smallest absolute Gasteiger partial charge is 0.307 e. The molecule has 0 spiro atoms. The average Bonchev–Trinajstić information content (AvgIpc) is 1.95. The molecule has 1 unspecified atom stereocenters. The van der Waals surface area contributed by atoms with Crippen molar-refractivity contribution in [1.29, 1.82) is 0 Å². The second-order valence-corrected chi connectivity index (χ2v) is 6.71. The zero-order chi connectivity index (χ0) is 12.3. The number of rotatable bonds is 5. The molecule has 0 aromatic carbocycles. The molecule has 0 saturated carbocycles. The Morgan fingerprint density at radius 2 is 1.87 bits per heavy atom. The van der Waals surface area contributed by atoms with Crippen LogP contribution in [-0.2, 0) is 14.8 Å². The molecule has 0 aromatic rings. The minimum absolute atomic E-state index is 0.00760. The second kappa shape index (κ2) is 4.94. The Kier molecular flexibility index (Phi) is 4.73. The Morgan fingerprint density at radius 1 is 1.40 bits per heavy atom. The molecule has 6 heteroatoms. The maximum absolute atomic E-state index is 11.5. The predicted octanol–water partition coefficient (Wildman–Crippen LogP) is 0.673. The van der Waals surface area contributed by atoms with Crippen LogP contribution in [0.5, 0.6) is 0 Å². The van der Waals surface area contributed by atoms with Crippen LogP contribution in [0.1, 0.15) is 27.7 Å². The number of carbonyl (C=O) groups is 1. The summed E-state index contributed by atoms with van der Waals surface area (Å²) in [6.07, 6.45) is 0. The molecular weight excluding hydrogens is 218 g/mol. The van der Waals surface area contributed by atoms with Crippen LogP contribution >= 0.6 is 0 Å². The number of carboxylic acid groups (broad SMARTS) is 1. The zero-order valence-electron chi connectivity index (χ0n) is 9.57. The first-order chi connectivity index (χ1) is 6.53. The van der Waals surface area contributed by atoms with Gasteiger partial charge in [0.15, 0.2) is 0 Å². The molecule has 0 rings (SSSR count). The summed E-state index contributed by atoms with van der Waals surface area (Å²) in [6.45, 7) is 6.84. The van der Waals surface area contributed by atoms with E-state index >= 15 is 0 Å². The number of carboxylic acids is 1. The number of nitrogens with one attached hydrogen (secondary N) is 1. The number of aliphatic carboxylic acids is 1. The van der Waals surface area contributed by atoms with E-state index in [0.717, 1.165) is 0 Å². The Hall–Kier alpha value is -0.620. The Labute approximate surface area is 90.9 Å². The van der Waals surface area contributed by atoms with Gasteiger partial charge in [-0.05, 0) is 5.41 Å². The summed E-state index contributed by atoms with van der Waals surface area (Å²) in [7, 11) is -3.38. The number of sulfonamides is 1. The van der Waals surface area contributed by atoms with Crippen LogP contribution in [0, 0.1) is 11.3 Å². The normalized spacial score (nSPS) is 14.9. The summed E-state index contributed by atoms with van der Waals surface area (Å²) in [4.78, 5) is 10.5. The van der Waals surface area contributed by atoms with E-state index in [0.29, 0.717) is 0 Å². The molecule has 1 atom stereocenters. The quantitative estimate of drug-likeness (QED) is 0.736. The van der Waals surface area contributed by atoms with Gasteiger partial charge in [0.05, 0.1) is 11.7 Å². The van der Waals surface area contributed by atoms with Gasteiger partial charge < -0.3 is 5.11 Å². The summed E-state index contributed by atoms with van der Waals surface area (Å²) < 4.78 is 25.2. The zero-order valence-corrected chi connectivity index (χ0v) is 10.4. The van der Waals surface area contributed by atoms with Crippen LogP contribution in [0.2, 0.25) is 0 Å². The predicted molar refractivity (Wildman–Crippen MR) is 58.0 cm³/mol. The van der Waals surface area contributed by atoms with Gasteiger partial charge in [0.2, 0.25) is 10.0 Å². The van der Waals surface area contributed by atoms with Crippen molar-refractivity contribution >= 4 is 16.0 Å². The highest BCUT2D eigenvalue weighted by Gasteiger charge is 2.22. The number of hydrogen-bond donors (Lipinski definition) is 2. The Morgan fingerprint density at radius 3 is 2.20 bits per heavy atom. The summed E-state index contributed by atoms with van der Waals surface area (Å²) >= 11 is 0. The van der Waals surface area contributed by atoms with Crippen molar-refractivity contribution in [2.24, 2.45) is 11.3 Å². The largest absolute Gasteiger partial charge is 0.481 e. The molecule has 0 heterocycles. The van der Waals surface area contributed by atoms with Gasteiger partial charge in [-0.2, -0.15) is 0 Å². The van der Waals surface area contributed by atoms with Crippen LogP contribution in [0.15, 0.2) is 0 Å². The highest BCUT2D eigenvalue weighted by atomic mass is 32.2. The lowest BCUT2D eigenvalue weighted by atomic mass is 10.0. The van der Waals surface area contributed by atoms with E-state index in [2.05, 4.69) is 4.72 Å². The molecule has 0 bridgehead atoms. The lowest BCUT2D eigenvalue weighted by Crippen LogP contribution is -2.36. The van der Waals surface area contributed by atoms with E-state index in [1.165, 1.54) is 6.92 Å². The minimum Gasteiger partial charge on any atom is -0.481 e. The number of hydrogen-bond acceptors (Lipinski definition) is 3. The van der Waals surface area contributed by atoms with Crippen LogP contribution < -0.4 is 4.72 Å². The van der Waals surface area contributed by atoms with Crippen molar-refractivity contribution in [3.8, 4) is 0 Å². The van der Waals surface area contributed by atoms with Gasteiger partial charge in [-0.25, -0.2) is 13.1 Å². The standard InChI is InChI=1S/C9H19NO4S/c1-7(8(11)12)5-10-15(13,14)6-9(2,3)4/h7,10H,5-6H2,1-4H3,(H,11,12). The van der Waals surface area contributed by atoms with E-state index in [1.807, 2.05) is 20.8 Å². The summed E-state index contributed by atoms with van der Waals surface area (Å²) in [5.74, 6) is -1.72. The maximum Gasteiger partial charge on any atom is 0.307 e. The fraction of sp³-hybridized carbons (Fsp3) is 0.889. The molecule has 0 aliphatic rings. The topological polar surface area (TPSA) is 83.5 Å². The van der Waals surface area contributed by atoms with Gasteiger partial charge >= 0.3 is 5.97 Å². The molecule has 0 aliphatic carbocycles. The van der Waals surface area contributed by atoms with Gasteiger partial charge in [-0.1, -0.05) is 27.7 Å². The molecule has 15 heavy (non-hydrogen) atoms. The molecule has 0 aliphatic heterocycles. The molecule has 0 fully saturated rings. The molecule has 0 radical (unpaired) electrons. The van der Waals surface area contributed by atoms with Gasteiger partial charge in [0, 0.05) is 6.54 Å². The fourth-order valence-electron chi connectivity index (χ4n) is 0.960. The SMILES string of the molecule is CC(CNS(=O)(=O)CC(C)(C)C)C(=O)O. The molecular formula is C9H19NO4S. The lowest BCUT2D eigenvalue weighted by molar-refractivity contribution is -0.140. The molecule has 90 valence electrons. The first-order valence-corrected chi connectivity index (χ1v) is 6.39. The van der Waals surface area contributed by atoms with E-state index < -0.39 is 21.9 Å². The van der Waals surface area contributed by atoms with Crippen molar-refractivity contribution in [2.45, 2.75) is 27.7 Å². The second-order valence-electron chi connectivity index (χ2n) is 4.91. The highest BCUT2D eigenvalue weighted by Crippen LogP contribution is 2.15. The molecule has 0 aromatic heterocycles. The van der Waals surface area contributed by atoms with Crippen LogP contribution in [0.25, 0.3) is 0 Å². The van der Waals surface area contributed by atoms with Crippen LogP contribution in [0.4, 0.5) is 0 Å². The molecule has 5 nitrogen and oxygen atoms in total. The summed E-state index contributed by atoms with van der Waals surface area (Å²) in [5.41, 5.74) is -0.335. The summed E-state index contributed by atoms with van der Waals surface area (Å²) in [5, 5.41) is 8.58. The fourth-order valence-corrected chi connectivity index (χ4v) is 2.71. The molecule has 0 amide bonds. The van der Waals surface area contributed by atoms with Gasteiger partial charge in [-0.3, -0.25) is 4.79 Å². The third kappa shape index (κ3) is 7.33. The molecule has 2 N–H and O–H groups in total. The van der Waals surface area contributed by atoms with Crippen LogP contribution in [-0.4, -0.2) is 31.8 Å². The van der Waals surface area contributed by atoms with Gasteiger partial charge in [0.25, 0.3) is 0 Å². The Balaban J connectivity index is 4.24. The van der Waals surface area contributed by atoms with Gasteiger partial charge in [0.1, 0.15) is 0 Å². The molecule has 0 saturated heterocycles. The highest BCUT2D eigenvalue weighted by molar-refractivity contribution is 7.89. The Bertz CT molecular complexity index is 315. The van der Waals surface area contributed by atoms with E-state index in [9.17, 15) is 13.2 Å². The van der Waals surface area contributed by atoms with Crippen molar-refractivity contribution < 1.29 is 18.3 Å². The van der Waals surface area contributed by atoms with E-state index in [4.69, 9.17) is 5.11 Å². The minimum atomic E-state index is -3.38.